The molecular formula is C18H23N3O7. The van der Waals surface area contributed by atoms with E-state index in [0.717, 1.165) is 5.56 Å². The van der Waals surface area contributed by atoms with Gasteiger partial charge in [-0.05, 0) is 19.1 Å². The Hall–Kier alpha value is -2.53. The molecule has 28 heavy (non-hydrogen) atoms. The number of carbonyl (C=O) groups is 2. The van der Waals surface area contributed by atoms with Crippen molar-refractivity contribution >= 4 is 23.2 Å². The number of hydrogen-bond acceptors (Lipinski definition) is 8. The number of aryl methyl sites for hydroxylation is 1. The van der Waals surface area contributed by atoms with E-state index in [2.05, 4.69) is 10.5 Å². The van der Waals surface area contributed by atoms with Gasteiger partial charge in [-0.2, -0.15) is 0 Å². The Kier molecular flexibility index (Phi) is 5.66. The number of fused-ring (bicyclic) bond motifs is 1. The third-order valence-corrected chi connectivity index (χ3v) is 4.77. The molecule has 3 rings (SSSR count). The number of carbonyl (C=O) groups excluding carboxylic acids is 2. The molecule has 0 aromatic heterocycles. The number of hydrogen-bond donors (Lipinski definition) is 4. The molecule has 1 aromatic carbocycles. The van der Waals surface area contributed by atoms with Gasteiger partial charge in [-0.25, -0.2) is 0 Å². The molecule has 1 fully saturated rings. The number of likely N-dealkylation sites (N-methyl/N-ethyl adjacent to an activating group) is 1. The van der Waals surface area contributed by atoms with Gasteiger partial charge < -0.3 is 35.1 Å². The number of ether oxygens (including phenoxy) is 1. The molecule has 5 atom stereocenters. The first-order valence-electron chi connectivity index (χ1n) is 8.77. The number of amides is 2. The third kappa shape index (κ3) is 3.59. The van der Waals surface area contributed by atoms with Crippen LogP contribution in [0.3, 0.4) is 0 Å². The number of aliphatic hydroxyl groups excluding tert-OH is 3. The predicted octanol–water partition coefficient (Wildman–Crippen LogP) is -1.36. The van der Waals surface area contributed by atoms with Gasteiger partial charge in [0.1, 0.15) is 24.4 Å². The van der Waals surface area contributed by atoms with Crippen LogP contribution in [-0.2, 0) is 19.2 Å². The smallest absolute Gasteiger partial charge is 0.280 e. The number of benzene rings is 1. The van der Waals surface area contributed by atoms with E-state index >= 15 is 0 Å². The van der Waals surface area contributed by atoms with Crippen molar-refractivity contribution in [3.63, 3.8) is 0 Å². The van der Waals surface area contributed by atoms with E-state index in [1.165, 1.54) is 11.8 Å². The number of nitrogens with zero attached hydrogens (tertiary/aromatic N) is 2. The van der Waals surface area contributed by atoms with E-state index in [-0.39, 0.29) is 11.6 Å². The van der Waals surface area contributed by atoms with E-state index in [1.54, 1.807) is 19.2 Å². The molecule has 4 N–H and O–H groups in total. The molecule has 10 heteroatoms. The standard InChI is InChI=1S/C18H23N3O7/c1-8-4-5-11-10(6-8)13(17(26)21(11)3)20-28-18-14(19-9(2)23)16(25)15(24)12(7-22)27-18/h4-6,12,14-16,18,22,24-25H,7H2,1-3H3,(H,19,23)/t12-,14-,15+,16-,18-/m0/s1. The second-order valence-corrected chi connectivity index (χ2v) is 6.86. The molecule has 0 radical (unpaired) electrons. The maximum atomic E-state index is 12.5. The number of anilines is 1. The van der Waals surface area contributed by atoms with Gasteiger partial charge in [-0.1, -0.05) is 16.8 Å². The van der Waals surface area contributed by atoms with Crippen molar-refractivity contribution < 1.29 is 34.5 Å². The van der Waals surface area contributed by atoms with Crippen molar-refractivity contribution in [3.8, 4) is 0 Å². The van der Waals surface area contributed by atoms with Gasteiger partial charge >= 0.3 is 0 Å². The van der Waals surface area contributed by atoms with Crippen molar-refractivity contribution in [1.82, 2.24) is 5.32 Å². The first-order chi connectivity index (χ1) is 13.2. The summed E-state index contributed by atoms with van der Waals surface area (Å²) in [6, 6.07) is 4.31. The molecule has 10 nitrogen and oxygen atoms in total. The summed E-state index contributed by atoms with van der Waals surface area (Å²) in [6.45, 7) is 2.53. The minimum Gasteiger partial charge on any atom is -0.394 e. The zero-order chi connectivity index (χ0) is 20.6. The van der Waals surface area contributed by atoms with Crippen LogP contribution in [0.15, 0.2) is 23.4 Å². The molecule has 0 unspecified atom stereocenters. The molecule has 1 saturated heterocycles. The van der Waals surface area contributed by atoms with Gasteiger partial charge in [0.15, 0.2) is 5.71 Å². The fourth-order valence-corrected chi connectivity index (χ4v) is 3.27. The predicted molar refractivity (Wildman–Crippen MR) is 97.6 cm³/mol. The lowest BCUT2D eigenvalue weighted by Gasteiger charge is -2.40. The molecular weight excluding hydrogens is 370 g/mol. The number of aliphatic hydroxyl groups is 3. The van der Waals surface area contributed by atoms with Crippen molar-refractivity contribution in [3.05, 3.63) is 29.3 Å². The molecule has 0 bridgehead atoms. The van der Waals surface area contributed by atoms with E-state index in [4.69, 9.17) is 9.57 Å². The summed E-state index contributed by atoms with van der Waals surface area (Å²) in [5.41, 5.74) is 2.23. The van der Waals surface area contributed by atoms with E-state index < -0.39 is 43.2 Å². The molecule has 0 saturated carbocycles. The quantitative estimate of drug-likeness (QED) is 0.463. The lowest BCUT2D eigenvalue weighted by Crippen LogP contribution is -2.64. The number of oxime groups is 1. The van der Waals surface area contributed by atoms with Gasteiger partial charge in [-0.15, -0.1) is 0 Å². The second kappa shape index (κ2) is 7.84. The van der Waals surface area contributed by atoms with Crippen LogP contribution in [0, 0.1) is 6.92 Å². The Bertz CT molecular complexity index is 812. The summed E-state index contributed by atoms with van der Waals surface area (Å²) >= 11 is 0. The topological polar surface area (TPSA) is 141 Å². The van der Waals surface area contributed by atoms with Crippen LogP contribution in [0.5, 0.6) is 0 Å². The van der Waals surface area contributed by atoms with Crippen molar-refractivity contribution in [2.45, 2.75) is 44.5 Å². The van der Waals surface area contributed by atoms with Gasteiger partial charge in [0.05, 0.1) is 12.3 Å². The summed E-state index contributed by atoms with van der Waals surface area (Å²) in [6.07, 6.45) is -5.35. The zero-order valence-electron chi connectivity index (χ0n) is 15.7. The van der Waals surface area contributed by atoms with Gasteiger partial charge in [0.2, 0.25) is 12.2 Å². The van der Waals surface area contributed by atoms with Crippen molar-refractivity contribution in [2.75, 3.05) is 18.6 Å². The lowest BCUT2D eigenvalue weighted by atomic mass is 9.97. The fourth-order valence-electron chi connectivity index (χ4n) is 3.27. The monoisotopic (exact) mass is 393 g/mol. The fraction of sp³-hybridized carbons (Fsp3) is 0.500. The first-order valence-corrected chi connectivity index (χ1v) is 8.77. The van der Waals surface area contributed by atoms with Crippen LogP contribution >= 0.6 is 0 Å². The zero-order valence-corrected chi connectivity index (χ0v) is 15.7. The molecule has 0 aliphatic carbocycles. The Morgan fingerprint density at radius 3 is 2.71 bits per heavy atom. The Morgan fingerprint density at radius 2 is 2.07 bits per heavy atom. The average Bonchev–Trinajstić information content (AvgIpc) is 2.88. The maximum absolute atomic E-state index is 12.5. The molecule has 2 amide bonds. The highest BCUT2D eigenvalue weighted by atomic mass is 16.8. The van der Waals surface area contributed by atoms with Gasteiger partial charge in [0.25, 0.3) is 5.91 Å². The SMILES string of the molecule is CC(=O)N[C@@H]1[C@H](ON=C2C(=O)N(C)c3ccc(C)cc32)O[C@@H](CO)[C@@H](O)[C@H]1O. The summed E-state index contributed by atoms with van der Waals surface area (Å²) in [5.74, 6) is -0.868. The molecule has 0 spiro atoms. The number of rotatable bonds is 4. The first kappa shape index (κ1) is 20.2. The highest BCUT2D eigenvalue weighted by Crippen LogP contribution is 2.30. The van der Waals surface area contributed by atoms with Gasteiger partial charge in [0, 0.05) is 19.5 Å². The van der Waals surface area contributed by atoms with E-state index in [1.807, 2.05) is 13.0 Å². The lowest BCUT2D eigenvalue weighted by molar-refractivity contribution is -0.270. The van der Waals surface area contributed by atoms with Crippen LogP contribution < -0.4 is 10.2 Å². The largest absolute Gasteiger partial charge is 0.394 e. The van der Waals surface area contributed by atoms with Crippen LogP contribution in [0.25, 0.3) is 0 Å². The molecule has 2 heterocycles. The van der Waals surface area contributed by atoms with Crippen LogP contribution in [0.1, 0.15) is 18.1 Å². The normalized spacial score (nSPS) is 31.1. The summed E-state index contributed by atoms with van der Waals surface area (Å²) in [7, 11) is 1.61. The Labute approximate surface area is 161 Å². The van der Waals surface area contributed by atoms with E-state index in [9.17, 15) is 24.9 Å². The maximum Gasteiger partial charge on any atom is 0.280 e. The Balaban J connectivity index is 1.89. The van der Waals surface area contributed by atoms with Crippen molar-refractivity contribution in [1.29, 1.82) is 0 Å². The highest BCUT2D eigenvalue weighted by molar-refractivity contribution is 6.54. The molecule has 1 aromatic rings. The molecule has 2 aliphatic rings. The number of nitrogens with one attached hydrogen (secondary N) is 1. The third-order valence-electron chi connectivity index (χ3n) is 4.77. The van der Waals surface area contributed by atoms with Crippen LogP contribution in [-0.4, -0.2) is 77.1 Å². The van der Waals surface area contributed by atoms with E-state index in [0.29, 0.717) is 11.3 Å². The minimum absolute atomic E-state index is 0.0486. The van der Waals surface area contributed by atoms with Crippen LogP contribution in [0.2, 0.25) is 0 Å². The Morgan fingerprint density at radius 1 is 1.36 bits per heavy atom. The second-order valence-electron chi connectivity index (χ2n) is 6.86. The average molecular weight is 393 g/mol. The minimum atomic E-state index is -1.46. The van der Waals surface area contributed by atoms with Crippen LogP contribution in [0.4, 0.5) is 5.69 Å². The summed E-state index contributed by atoms with van der Waals surface area (Å²) < 4.78 is 5.44. The van der Waals surface area contributed by atoms with Crippen molar-refractivity contribution in [2.24, 2.45) is 5.16 Å². The highest BCUT2D eigenvalue weighted by Gasteiger charge is 2.46. The summed E-state index contributed by atoms with van der Waals surface area (Å²) in [5, 5.41) is 36.0. The molecule has 152 valence electrons. The molecule has 2 aliphatic heterocycles. The summed E-state index contributed by atoms with van der Waals surface area (Å²) in [4.78, 5) is 30.8. The van der Waals surface area contributed by atoms with Gasteiger partial charge in [-0.3, -0.25) is 9.59 Å².